The van der Waals surface area contributed by atoms with E-state index in [9.17, 15) is 19.2 Å². The summed E-state index contributed by atoms with van der Waals surface area (Å²) in [5.41, 5.74) is 0.0643. The van der Waals surface area contributed by atoms with E-state index in [-0.39, 0.29) is 17.7 Å². The lowest BCUT2D eigenvalue weighted by atomic mass is 9.89. The van der Waals surface area contributed by atoms with Gasteiger partial charge in [0.05, 0.1) is 11.0 Å². The van der Waals surface area contributed by atoms with Gasteiger partial charge in [0.2, 0.25) is 5.91 Å². The van der Waals surface area contributed by atoms with Crippen molar-refractivity contribution in [2.45, 2.75) is 45.6 Å². The average molecular weight is 386 g/mol. The van der Waals surface area contributed by atoms with Gasteiger partial charge in [0, 0.05) is 31.1 Å². The molecule has 1 aromatic heterocycles. The third-order valence-corrected chi connectivity index (χ3v) is 5.24. The molecule has 3 rings (SSSR count). The predicted octanol–water partition coefficient (Wildman–Crippen LogP) is 1.14. The molecule has 0 spiro atoms. The maximum absolute atomic E-state index is 12.4. The lowest BCUT2D eigenvalue weighted by molar-refractivity contribution is -0.125. The number of aryl methyl sites for hydroxylation is 1. The fourth-order valence-corrected chi connectivity index (χ4v) is 3.71. The molecule has 150 valence electrons. The second kappa shape index (κ2) is 8.86. The molecule has 1 fully saturated rings. The van der Waals surface area contributed by atoms with Gasteiger partial charge in [0.25, 0.3) is 5.91 Å². The number of aromatic amines is 1. The van der Waals surface area contributed by atoms with Crippen molar-refractivity contribution in [1.82, 2.24) is 20.2 Å². The smallest absolute Gasteiger partial charge is 0.316 e. The van der Waals surface area contributed by atoms with Crippen LogP contribution in [0, 0.1) is 5.92 Å². The summed E-state index contributed by atoms with van der Waals surface area (Å²) in [5, 5.41) is 5.64. The Labute approximate surface area is 162 Å². The van der Waals surface area contributed by atoms with Crippen LogP contribution < -0.4 is 21.8 Å². The van der Waals surface area contributed by atoms with Crippen LogP contribution >= 0.6 is 0 Å². The van der Waals surface area contributed by atoms with Gasteiger partial charge in [0.1, 0.15) is 0 Å². The summed E-state index contributed by atoms with van der Waals surface area (Å²) >= 11 is 0. The molecule has 2 amide bonds. The van der Waals surface area contributed by atoms with Gasteiger partial charge in [-0.15, -0.1) is 0 Å². The van der Waals surface area contributed by atoms with Gasteiger partial charge >= 0.3 is 11.1 Å². The Bertz CT molecular complexity index is 986. The van der Waals surface area contributed by atoms with Crippen molar-refractivity contribution in [2.24, 2.45) is 5.92 Å². The van der Waals surface area contributed by atoms with Crippen LogP contribution in [0.5, 0.6) is 0 Å². The summed E-state index contributed by atoms with van der Waals surface area (Å²) in [7, 11) is 0. The van der Waals surface area contributed by atoms with Crippen LogP contribution in [0.25, 0.3) is 11.0 Å². The van der Waals surface area contributed by atoms with E-state index >= 15 is 0 Å². The molecule has 0 aliphatic heterocycles. The second-order valence-electron chi connectivity index (χ2n) is 7.12. The van der Waals surface area contributed by atoms with Crippen LogP contribution in [0.2, 0.25) is 0 Å². The fraction of sp³-hybridized carbons (Fsp3) is 0.500. The Balaban J connectivity index is 1.59. The summed E-state index contributed by atoms with van der Waals surface area (Å²) in [5.74, 6) is -0.142. The Kier molecular flexibility index (Phi) is 6.28. The first-order chi connectivity index (χ1) is 13.5. The van der Waals surface area contributed by atoms with Crippen molar-refractivity contribution in [1.29, 1.82) is 0 Å². The number of hydrogen-bond acceptors (Lipinski definition) is 4. The predicted molar refractivity (Wildman–Crippen MR) is 106 cm³/mol. The van der Waals surface area contributed by atoms with E-state index in [0.29, 0.717) is 36.2 Å². The number of amides is 2. The number of rotatable bonds is 6. The van der Waals surface area contributed by atoms with Crippen molar-refractivity contribution < 1.29 is 9.59 Å². The first-order valence-corrected chi connectivity index (χ1v) is 9.84. The number of hydrogen-bond donors (Lipinski definition) is 3. The van der Waals surface area contributed by atoms with Gasteiger partial charge in [-0.2, -0.15) is 0 Å². The van der Waals surface area contributed by atoms with E-state index in [1.807, 2.05) is 0 Å². The zero-order valence-corrected chi connectivity index (χ0v) is 16.0. The minimum Gasteiger partial charge on any atom is -0.354 e. The number of aromatic nitrogens is 2. The molecular weight excluding hydrogens is 360 g/mol. The van der Waals surface area contributed by atoms with Crippen LogP contribution in [0.15, 0.2) is 27.8 Å². The Morgan fingerprint density at radius 1 is 1.11 bits per heavy atom. The maximum atomic E-state index is 12.4. The monoisotopic (exact) mass is 386 g/mol. The molecule has 3 N–H and O–H groups in total. The quantitative estimate of drug-likeness (QED) is 0.510. The lowest BCUT2D eigenvalue weighted by Gasteiger charge is -2.20. The highest BCUT2D eigenvalue weighted by Crippen LogP contribution is 2.23. The molecule has 1 aliphatic carbocycles. The molecule has 1 saturated carbocycles. The van der Waals surface area contributed by atoms with Crippen LogP contribution in [0.4, 0.5) is 0 Å². The van der Waals surface area contributed by atoms with Crippen molar-refractivity contribution in [2.75, 3.05) is 13.1 Å². The van der Waals surface area contributed by atoms with E-state index in [4.69, 9.17) is 0 Å². The third kappa shape index (κ3) is 4.32. The van der Waals surface area contributed by atoms with Gasteiger partial charge in [-0.05, 0) is 38.0 Å². The van der Waals surface area contributed by atoms with E-state index in [0.717, 1.165) is 25.7 Å². The molecule has 2 aromatic rings. The molecule has 1 aliphatic rings. The molecule has 0 saturated heterocycles. The largest absolute Gasteiger partial charge is 0.354 e. The van der Waals surface area contributed by atoms with Gasteiger partial charge in [-0.1, -0.05) is 19.3 Å². The van der Waals surface area contributed by atoms with Gasteiger partial charge in [0.15, 0.2) is 0 Å². The Morgan fingerprint density at radius 2 is 1.82 bits per heavy atom. The maximum Gasteiger partial charge on any atom is 0.316 e. The zero-order chi connectivity index (χ0) is 20.1. The number of nitrogens with one attached hydrogen (secondary N) is 3. The summed E-state index contributed by atoms with van der Waals surface area (Å²) in [6, 6.07) is 4.82. The van der Waals surface area contributed by atoms with Crippen LogP contribution in [-0.2, 0) is 11.3 Å². The highest BCUT2D eigenvalue weighted by Gasteiger charge is 2.20. The first kappa shape index (κ1) is 19.9. The van der Waals surface area contributed by atoms with E-state index in [2.05, 4.69) is 15.6 Å². The number of nitrogens with zero attached hydrogens (tertiary/aromatic N) is 1. The standard InChI is InChI=1S/C20H26N4O4/c1-2-24-16-9-8-14(12-15(16)23-19(27)20(24)28)18(26)22-11-10-21-17(25)13-6-4-3-5-7-13/h8-9,12-13H,2-7,10-11H2,1H3,(H,21,25)(H,22,26)(H,23,27). The molecule has 1 aromatic carbocycles. The van der Waals surface area contributed by atoms with Crippen molar-refractivity contribution in [3.8, 4) is 0 Å². The van der Waals surface area contributed by atoms with E-state index < -0.39 is 11.1 Å². The summed E-state index contributed by atoms with van der Waals surface area (Å²) in [6.45, 7) is 2.84. The molecule has 8 nitrogen and oxygen atoms in total. The highest BCUT2D eigenvalue weighted by molar-refractivity contribution is 5.97. The van der Waals surface area contributed by atoms with Gasteiger partial charge in [-0.3, -0.25) is 19.2 Å². The second-order valence-corrected chi connectivity index (χ2v) is 7.12. The molecule has 1 heterocycles. The van der Waals surface area contributed by atoms with Crippen LogP contribution in [0.3, 0.4) is 0 Å². The topological polar surface area (TPSA) is 113 Å². The normalized spacial score (nSPS) is 14.8. The Morgan fingerprint density at radius 3 is 2.54 bits per heavy atom. The fourth-order valence-electron chi connectivity index (χ4n) is 3.71. The van der Waals surface area contributed by atoms with Crippen LogP contribution in [-0.4, -0.2) is 34.5 Å². The molecule has 28 heavy (non-hydrogen) atoms. The number of carbonyl (C=O) groups is 2. The minimum atomic E-state index is -0.711. The number of fused-ring (bicyclic) bond motifs is 1. The molecule has 0 bridgehead atoms. The molecule has 0 radical (unpaired) electrons. The molecule has 0 unspecified atom stereocenters. The van der Waals surface area contributed by atoms with Crippen molar-refractivity contribution in [3.63, 3.8) is 0 Å². The third-order valence-electron chi connectivity index (χ3n) is 5.24. The van der Waals surface area contributed by atoms with E-state index in [1.165, 1.54) is 11.0 Å². The highest BCUT2D eigenvalue weighted by atomic mass is 16.2. The van der Waals surface area contributed by atoms with Crippen molar-refractivity contribution in [3.05, 3.63) is 44.5 Å². The summed E-state index contributed by atoms with van der Waals surface area (Å²) < 4.78 is 1.37. The van der Waals surface area contributed by atoms with Gasteiger partial charge in [-0.25, -0.2) is 0 Å². The van der Waals surface area contributed by atoms with E-state index in [1.54, 1.807) is 25.1 Å². The number of carbonyl (C=O) groups excluding carboxylic acids is 2. The van der Waals surface area contributed by atoms with Gasteiger partial charge < -0.3 is 20.2 Å². The van der Waals surface area contributed by atoms with Crippen molar-refractivity contribution >= 4 is 22.8 Å². The lowest BCUT2D eigenvalue weighted by Crippen LogP contribution is -2.38. The minimum absolute atomic E-state index is 0.0646. The number of H-pyrrole nitrogens is 1. The first-order valence-electron chi connectivity index (χ1n) is 9.84. The number of benzene rings is 1. The molecular formula is C20H26N4O4. The van der Waals surface area contributed by atoms with Crippen LogP contribution in [0.1, 0.15) is 49.4 Å². The zero-order valence-electron chi connectivity index (χ0n) is 16.0. The SMILES string of the molecule is CCn1c(=O)c(=O)[nH]c2cc(C(=O)NCCNC(=O)C3CCCCC3)ccc21. The Hall–Kier alpha value is -2.90. The summed E-state index contributed by atoms with van der Waals surface area (Å²) in [6.07, 6.45) is 5.29. The average Bonchev–Trinajstić information content (AvgIpc) is 2.72. The summed E-state index contributed by atoms with van der Waals surface area (Å²) in [4.78, 5) is 50.6. The molecule has 8 heteroatoms. The molecule has 0 atom stereocenters.